The fraction of sp³-hybridized carbons (Fsp3) is 0.684. The topological polar surface area (TPSA) is 66.9 Å². The molecule has 25 heavy (non-hydrogen) atoms. The van der Waals surface area contributed by atoms with Crippen molar-refractivity contribution in [3.63, 3.8) is 0 Å². The third-order valence-electron chi connectivity index (χ3n) is 6.16. The second-order valence-corrected chi connectivity index (χ2v) is 8.98. The van der Waals surface area contributed by atoms with E-state index in [1.54, 1.807) is 0 Å². The Bertz CT molecular complexity index is 662. The average Bonchev–Trinajstić information content (AvgIpc) is 2.42. The van der Waals surface area contributed by atoms with Crippen LogP contribution < -0.4 is 10.6 Å². The van der Waals surface area contributed by atoms with Gasteiger partial charge < -0.3 is 10.6 Å². The predicted octanol–water partition coefficient (Wildman–Crippen LogP) is 3.51. The van der Waals surface area contributed by atoms with Crippen molar-refractivity contribution in [2.75, 3.05) is 5.32 Å². The molecule has 1 aromatic rings. The monoisotopic (exact) mass is 358 g/mol. The summed E-state index contributed by atoms with van der Waals surface area (Å²) in [5, 5.41) is 6.07. The van der Waals surface area contributed by atoms with Gasteiger partial charge in [0, 0.05) is 17.8 Å². The standard InChI is InChI=1S/C19H26N4OS/c1-11-3-12(2)21-17(20-11)23-18(25)22-16(24)10-19-7-13-4-14(8-19)6-15(5-13)9-19/h3,13-15H,4-10H2,1-2H3,(H2,20,21,22,23,24,25). The maximum atomic E-state index is 12.6. The molecule has 0 radical (unpaired) electrons. The van der Waals surface area contributed by atoms with Crippen LogP contribution in [0.5, 0.6) is 0 Å². The summed E-state index contributed by atoms with van der Waals surface area (Å²) in [4.78, 5) is 21.2. The van der Waals surface area contributed by atoms with Gasteiger partial charge in [-0.3, -0.25) is 4.79 Å². The second-order valence-electron chi connectivity index (χ2n) is 8.57. The number of carbonyl (C=O) groups is 1. The van der Waals surface area contributed by atoms with Crippen molar-refractivity contribution in [2.45, 2.75) is 58.8 Å². The van der Waals surface area contributed by atoms with Crippen LogP contribution in [-0.4, -0.2) is 21.0 Å². The van der Waals surface area contributed by atoms with Gasteiger partial charge >= 0.3 is 0 Å². The van der Waals surface area contributed by atoms with Crippen molar-refractivity contribution >= 4 is 29.2 Å². The third kappa shape index (κ3) is 3.68. The number of hydrogen-bond donors (Lipinski definition) is 2. The summed E-state index contributed by atoms with van der Waals surface area (Å²) in [6.07, 6.45) is 8.47. The lowest BCUT2D eigenvalue weighted by Gasteiger charge is -2.56. The van der Waals surface area contributed by atoms with Gasteiger partial charge in [-0.15, -0.1) is 0 Å². The first kappa shape index (κ1) is 16.9. The van der Waals surface area contributed by atoms with E-state index >= 15 is 0 Å². The zero-order valence-electron chi connectivity index (χ0n) is 15.0. The van der Waals surface area contributed by atoms with E-state index in [2.05, 4.69) is 20.6 Å². The van der Waals surface area contributed by atoms with Crippen LogP contribution in [0.25, 0.3) is 0 Å². The maximum absolute atomic E-state index is 12.6. The highest BCUT2D eigenvalue weighted by molar-refractivity contribution is 7.80. The molecule has 0 spiro atoms. The Balaban J connectivity index is 1.35. The highest BCUT2D eigenvalue weighted by atomic mass is 32.1. The second kappa shape index (κ2) is 6.31. The number of rotatable bonds is 3. The number of anilines is 1. The zero-order chi connectivity index (χ0) is 17.6. The van der Waals surface area contributed by atoms with Crippen molar-refractivity contribution in [3.8, 4) is 0 Å². The van der Waals surface area contributed by atoms with Crippen LogP contribution in [0.15, 0.2) is 6.07 Å². The normalized spacial score (nSPS) is 32.5. The number of hydrogen-bond acceptors (Lipinski definition) is 4. The molecule has 1 heterocycles. The highest BCUT2D eigenvalue weighted by Crippen LogP contribution is 2.61. The molecule has 1 aromatic heterocycles. The SMILES string of the molecule is Cc1cc(C)nc(NC(=S)NC(=O)CC23CC4CC(CC(C4)C2)C3)n1. The molecule has 0 saturated heterocycles. The largest absolute Gasteiger partial charge is 0.303 e. The first-order chi connectivity index (χ1) is 11.9. The van der Waals surface area contributed by atoms with Crippen molar-refractivity contribution < 1.29 is 4.79 Å². The van der Waals surface area contributed by atoms with E-state index in [1.165, 1.54) is 38.5 Å². The number of aromatic nitrogens is 2. The Morgan fingerprint density at radius 3 is 2.16 bits per heavy atom. The van der Waals surface area contributed by atoms with Gasteiger partial charge in [0.15, 0.2) is 5.11 Å². The summed E-state index contributed by atoms with van der Waals surface area (Å²) < 4.78 is 0. The van der Waals surface area contributed by atoms with Gasteiger partial charge in [0.05, 0.1) is 0 Å². The Morgan fingerprint density at radius 1 is 1.12 bits per heavy atom. The van der Waals surface area contributed by atoms with E-state index in [-0.39, 0.29) is 11.3 Å². The first-order valence-electron chi connectivity index (χ1n) is 9.32. The molecule has 4 aliphatic rings. The van der Waals surface area contributed by atoms with Gasteiger partial charge in [-0.1, -0.05) is 0 Å². The molecule has 5 nitrogen and oxygen atoms in total. The van der Waals surface area contributed by atoms with Gasteiger partial charge in [-0.2, -0.15) is 0 Å². The van der Waals surface area contributed by atoms with Gasteiger partial charge in [0.2, 0.25) is 11.9 Å². The zero-order valence-corrected chi connectivity index (χ0v) is 15.8. The molecule has 4 saturated carbocycles. The molecule has 0 aliphatic heterocycles. The number of nitrogens with zero attached hydrogens (tertiary/aromatic N) is 2. The molecule has 4 aliphatic carbocycles. The molecule has 6 heteroatoms. The highest BCUT2D eigenvalue weighted by Gasteiger charge is 2.51. The fourth-order valence-electron chi connectivity index (χ4n) is 5.93. The molecular formula is C19H26N4OS. The molecule has 134 valence electrons. The molecule has 0 atom stereocenters. The third-order valence-corrected chi connectivity index (χ3v) is 6.37. The minimum atomic E-state index is 0.0313. The van der Waals surface area contributed by atoms with Crippen molar-refractivity contribution in [3.05, 3.63) is 17.5 Å². The molecule has 5 rings (SSSR count). The summed E-state index contributed by atoms with van der Waals surface area (Å²) in [5.74, 6) is 3.04. The Kier molecular flexibility index (Phi) is 4.26. The number of thiocarbonyl (C=S) groups is 1. The summed E-state index contributed by atoms with van der Waals surface area (Å²) in [7, 11) is 0. The number of aryl methyl sites for hydroxylation is 2. The average molecular weight is 359 g/mol. The van der Waals surface area contributed by atoms with Gasteiger partial charge in [0.1, 0.15) is 0 Å². The van der Waals surface area contributed by atoms with E-state index in [4.69, 9.17) is 12.2 Å². The molecule has 0 unspecified atom stereocenters. The lowest BCUT2D eigenvalue weighted by Crippen LogP contribution is -2.48. The van der Waals surface area contributed by atoms with Crippen LogP contribution in [0.4, 0.5) is 5.95 Å². The Morgan fingerprint density at radius 2 is 1.64 bits per heavy atom. The molecule has 4 bridgehead atoms. The van der Waals surface area contributed by atoms with Crippen molar-refractivity contribution in [1.82, 2.24) is 15.3 Å². The fourth-order valence-corrected chi connectivity index (χ4v) is 6.14. The predicted molar refractivity (Wildman–Crippen MR) is 101 cm³/mol. The van der Waals surface area contributed by atoms with Crippen LogP contribution in [0, 0.1) is 37.0 Å². The lowest BCUT2D eigenvalue weighted by atomic mass is 9.49. The summed E-state index contributed by atoms with van der Waals surface area (Å²) in [6, 6.07) is 1.90. The van der Waals surface area contributed by atoms with Crippen LogP contribution in [-0.2, 0) is 4.79 Å². The van der Waals surface area contributed by atoms with Gasteiger partial charge in [0.25, 0.3) is 0 Å². The molecule has 0 aromatic carbocycles. The quantitative estimate of drug-likeness (QED) is 0.810. The molecule has 4 fully saturated rings. The first-order valence-corrected chi connectivity index (χ1v) is 9.73. The minimum Gasteiger partial charge on any atom is -0.303 e. The van der Waals surface area contributed by atoms with Crippen LogP contribution >= 0.6 is 12.2 Å². The van der Waals surface area contributed by atoms with E-state index < -0.39 is 0 Å². The van der Waals surface area contributed by atoms with Gasteiger partial charge in [-0.25, -0.2) is 9.97 Å². The number of carbonyl (C=O) groups excluding carboxylic acids is 1. The van der Waals surface area contributed by atoms with E-state index in [1.807, 2.05) is 19.9 Å². The van der Waals surface area contributed by atoms with Crippen LogP contribution in [0.3, 0.4) is 0 Å². The van der Waals surface area contributed by atoms with Crippen LogP contribution in [0.2, 0.25) is 0 Å². The number of nitrogens with one attached hydrogen (secondary N) is 2. The van der Waals surface area contributed by atoms with E-state index in [0.29, 0.717) is 17.5 Å². The molecule has 2 N–H and O–H groups in total. The smallest absolute Gasteiger partial charge is 0.229 e. The van der Waals surface area contributed by atoms with E-state index in [9.17, 15) is 4.79 Å². The lowest BCUT2D eigenvalue weighted by molar-refractivity contribution is -0.127. The number of amides is 1. The summed E-state index contributed by atoms with van der Waals surface area (Å²) in [5.41, 5.74) is 1.97. The molecular weight excluding hydrogens is 332 g/mol. The minimum absolute atomic E-state index is 0.0313. The molecule has 1 amide bonds. The van der Waals surface area contributed by atoms with E-state index in [0.717, 1.165) is 29.1 Å². The Labute approximate surface area is 154 Å². The summed E-state index contributed by atoms with van der Waals surface area (Å²) >= 11 is 5.29. The van der Waals surface area contributed by atoms with Gasteiger partial charge in [-0.05, 0) is 93.8 Å². The van der Waals surface area contributed by atoms with Crippen LogP contribution in [0.1, 0.15) is 56.3 Å². The van der Waals surface area contributed by atoms with Crippen molar-refractivity contribution in [1.29, 1.82) is 0 Å². The maximum Gasteiger partial charge on any atom is 0.229 e. The Hall–Kier alpha value is -1.56. The summed E-state index contributed by atoms with van der Waals surface area (Å²) in [6.45, 7) is 3.82. The van der Waals surface area contributed by atoms with Crippen molar-refractivity contribution in [2.24, 2.45) is 23.2 Å².